The maximum atomic E-state index is 11.2. The quantitative estimate of drug-likeness (QED) is 0.787. The summed E-state index contributed by atoms with van der Waals surface area (Å²) in [5.41, 5.74) is 7.90. The van der Waals surface area contributed by atoms with Crippen LogP contribution in [-0.2, 0) is 6.42 Å². The molecule has 2 aromatic rings. The van der Waals surface area contributed by atoms with E-state index in [-0.39, 0.29) is 23.7 Å². The highest BCUT2D eigenvalue weighted by molar-refractivity contribution is 5.97. The van der Waals surface area contributed by atoms with Crippen molar-refractivity contribution in [2.24, 2.45) is 5.73 Å². The molecule has 0 aliphatic heterocycles. The van der Waals surface area contributed by atoms with Crippen molar-refractivity contribution >= 4 is 18.3 Å². The number of halogens is 1. The molecule has 0 bridgehead atoms. The second kappa shape index (κ2) is 5.55. The van der Waals surface area contributed by atoms with E-state index in [9.17, 15) is 9.90 Å². The Morgan fingerprint density at radius 2 is 2.22 bits per heavy atom. The van der Waals surface area contributed by atoms with Crippen molar-refractivity contribution in [3.63, 3.8) is 0 Å². The number of primary amides is 1. The number of aromatic hydroxyl groups is 1. The first-order chi connectivity index (χ1) is 8.09. The Hall–Kier alpha value is -2.01. The van der Waals surface area contributed by atoms with Crippen LogP contribution in [0, 0.1) is 6.92 Å². The number of H-pyrrole nitrogens is 1. The van der Waals surface area contributed by atoms with Crippen LogP contribution >= 0.6 is 12.4 Å². The number of benzene rings is 1. The minimum atomic E-state index is -0.621. The number of carbonyl (C=O) groups is 1. The van der Waals surface area contributed by atoms with E-state index < -0.39 is 5.91 Å². The lowest BCUT2D eigenvalue weighted by molar-refractivity contribution is 0.0997. The van der Waals surface area contributed by atoms with E-state index in [4.69, 9.17) is 5.73 Å². The topological polar surface area (TPSA) is 92.0 Å². The molecule has 96 valence electrons. The fraction of sp³-hybridized carbons (Fsp3) is 0.167. The molecule has 0 saturated carbocycles. The molecule has 6 heteroatoms. The first-order valence-corrected chi connectivity index (χ1v) is 5.18. The van der Waals surface area contributed by atoms with E-state index >= 15 is 0 Å². The van der Waals surface area contributed by atoms with Crippen LogP contribution in [0.15, 0.2) is 24.7 Å². The molecule has 0 unspecified atom stereocenters. The van der Waals surface area contributed by atoms with Gasteiger partial charge in [-0.25, -0.2) is 4.98 Å². The molecular formula is C12H14ClN3O2. The normalized spacial score (nSPS) is 9.83. The van der Waals surface area contributed by atoms with Gasteiger partial charge in [0.15, 0.2) is 0 Å². The van der Waals surface area contributed by atoms with Crippen LogP contribution in [-0.4, -0.2) is 21.0 Å². The lowest BCUT2D eigenvalue weighted by Gasteiger charge is -2.09. The van der Waals surface area contributed by atoms with Crippen molar-refractivity contribution in [3.8, 4) is 5.75 Å². The molecule has 5 nitrogen and oxygen atoms in total. The van der Waals surface area contributed by atoms with E-state index in [2.05, 4.69) is 9.97 Å². The lowest BCUT2D eigenvalue weighted by Crippen LogP contribution is -2.14. The molecule has 0 aliphatic rings. The lowest BCUT2D eigenvalue weighted by atomic mass is 9.98. The third kappa shape index (κ3) is 2.62. The van der Waals surface area contributed by atoms with E-state index in [1.54, 1.807) is 25.5 Å². The SMILES string of the molecule is Cc1c(Cc2c[nH]cn2)ccc(O)c1C(N)=O.Cl. The number of hydrogen-bond acceptors (Lipinski definition) is 3. The number of imidazole rings is 1. The fourth-order valence-electron chi connectivity index (χ4n) is 1.83. The van der Waals surface area contributed by atoms with Crippen molar-refractivity contribution in [2.45, 2.75) is 13.3 Å². The average molecular weight is 268 g/mol. The number of nitrogens with one attached hydrogen (secondary N) is 1. The third-order valence-corrected chi connectivity index (χ3v) is 2.73. The largest absolute Gasteiger partial charge is 0.507 e. The number of phenols is 1. The van der Waals surface area contributed by atoms with Gasteiger partial charge in [-0.15, -0.1) is 12.4 Å². The number of carbonyl (C=O) groups excluding carboxylic acids is 1. The summed E-state index contributed by atoms with van der Waals surface area (Å²) >= 11 is 0. The number of nitrogens with zero attached hydrogens (tertiary/aromatic N) is 1. The van der Waals surface area contributed by atoms with Gasteiger partial charge in [-0.1, -0.05) is 6.07 Å². The molecule has 18 heavy (non-hydrogen) atoms. The number of amides is 1. The van der Waals surface area contributed by atoms with Gasteiger partial charge in [0.05, 0.1) is 17.6 Å². The summed E-state index contributed by atoms with van der Waals surface area (Å²) in [6, 6.07) is 3.25. The highest BCUT2D eigenvalue weighted by Gasteiger charge is 2.14. The number of aromatic amines is 1. The molecule has 0 spiro atoms. The van der Waals surface area contributed by atoms with E-state index in [1.807, 2.05) is 0 Å². The molecular weight excluding hydrogens is 254 g/mol. The Morgan fingerprint density at radius 1 is 1.50 bits per heavy atom. The van der Waals surface area contributed by atoms with Crippen molar-refractivity contribution in [1.82, 2.24) is 9.97 Å². The minimum Gasteiger partial charge on any atom is -0.507 e. The molecule has 2 rings (SSSR count). The van der Waals surface area contributed by atoms with Crippen LogP contribution < -0.4 is 5.73 Å². The Kier molecular flexibility index (Phi) is 4.33. The van der Waals surface area contributed by atoms with Crippen LogP contribution in [0.1, 0.15) is 27.2 Å². The Balaban J connectivity index is 0.00000162. The smallest absolute Gasteiger partial charge is 0.252 e. The zero-order valence-corrected chi connectivity index (χ0v) is 10.6. The maximum absolute atomic E-state index is 11.2. The number of aromatic nitrogens is 2. The summed E-state index contributed by atoms with van der Waals surface area (Å²) < 4.78 is 0. The summed E-state index contributed by atoms with van der Waals surface area (Å²) in [7, 11) is 0. The second-order valence-corrected chi connectivity index (χ2v) is 3.85. The van der Waals surface area contributed by atoms with E-state index in [0.29, 0.717) is 12.0 Å². The van der Waals surface area contributed by atoms with Crippen molar-refractivity contribution in [3.05, 3.63) is 47.0 Å². The Labute approximate surface area is 110 Å². The van der Waals surface area contributed by atoms with Crippen LogP contribution in [0.3, 0.4) is 0 Å². The van der Waals surface area contributed by atoms with Gasteiger partial charge in [0, 0.05) is 12.6 Å². The van der Waals surface area contributed by atoms with Crippen molar-refractivity contribution < 1.29 is 9.90 Å². The average Bonchev–Trinajstić information content (AvgIpc) is 2.74. The van der Waals surface area contributed by atoms with Gasteiger partial charge in [0.2, 0.25) is 0 Å². The van der Waals surface area contributed by atoms with E-state index in [1.165, 1.54) is 6.07 Å². The van der Waals surface area contributed by atoms with Gasteiger partial charge >= 0.3 is 0 Å². The predicted molar refractivity (Wildman–Crippen MR) is 70.0 cm³/mol. The molecule has 1 heterocycles. The molecule has 0 atom stereocenters. The third-order valence-electron chi connectivity index (χ3n) is 2.73. The molecule has 0 fully saturated rings. The summed E-state index contributed by atoms with van der Waals surface area (Å²) in [4.78, 5) is 18.2. The summed E-state index contributed by atoms with van der Waals surface area (Å²) in [5.74, 6) is -0.704. The van der Waals surface area contributed by atoms with Crippen LogP contribution in [0.4, 0.5) is 0 Å². The van der Waals surface area contributed by atoms with Gasteiger partial charge in [-0.2, -0.15) is 0 Å². The summed E-state index contributed by atoms with van der Waals surface area (Å²) in [5, 5.41) is 9.59. The summed E-state index contributed by atoms with van der Waals surface area (Å²) in [6.45, 7) is 1.77. The van der Waals surface area contributed by atoms with Gasteiger partial charge in [0.25, 0.3) is 5.91 Å². The molecule has 0 saturated heterocycles. The maximum Gasteiger partial charge on any atom is 0.252 e. The first kappa shape index (κ1) is 14.1. The van der Waals surface area contributed by atoms with Gasteiger partial charge in [-0.05, 0) is 24.1 Å². The predicted octanol–water partition coefficient (Wildman–Crippen LogP) is 1.54. The van der Waals surface area contributed by atoms with Gasteiger partial charge in [0.1, 0.15) is 5.75 Å². The fourth-order valence-corrected chi connectivity index (χ4v) is 1.83. The highest BCUT2D eigenvalue weighted by atomic mass is 35.5. The minimum absolute atomic E-state index is 0. The zero-order valence-electron chi connectivity index (χ0n) is 9.80. The van der Waals surface area contributed by atoms with Crippen LogP contribution in [0.25, 0.3) is 0 Å². The Morgan fingerprint density at radius 3 is 2.78 bits per heavy atom. The monoisotopic (exact) mass is 267 g/mol. The molecule has 0 aliphatic carbocycles. The molecule has 4 N–H and O–H groups in total. The number of hydrogen-bond donors (Lipinski definition) is 3. The standard InChI is InChI=1S/C12H13N3O2.ClH/c1-7-8(4-9-5-14-6-15-9)2-3-10(16)11(7)12(13)17;/h2-3,5-6,16H,4H2,1H3,(H2,13,17)(H,14,15);1H. The van der Waals surface area contributed by atoms with E-state index in [0.717, 1.165) is 11.3 Å². The Bertz CT molecular complexity index is 553. The van der Waals surface area contributed by atoms with Crippen molar-refractivity contribution in [1.29, 1.82) is 0 Å². The first-order valence-electron chi connectivity index (χ1n) is 5.18. The van der Waals surface area contributed by atoms with Crippen LogP contribution in [0.2, 0.25) is 0 Å². The molecule has 1 amide bonds. The second-order valence-electron chi connectivity index (χ2n) is 3.85. The van der Waals surface area contributed by atoms with Crippen molar-refractivity contribution in [2.75, 3.05) is 0 Å². The molecule has 1 aromatic heterocycles. The van der Waals surface area contributed by atoms with Crippen LogP contribution in [0.5, 0.6) is 5.75 Å². The number of nitrogens with two attached hydrogens (primary N) is 1. The molecule has 0 radical (unpaired) electrons. The zero-order chi connectivity index (χ0) is 12.4. The highest BCUT2D eigenvalue weighted by Crippen LogP contribution is 2.24. The van der Waals surface area contributed by atoms with Gasteiger partial charge in [-0.3, -0.25) is 4.79 Å². The summed E-state index contributed by atoms with van der Waals surface area (Å²) in [6.07, 6.45) is 3.98. The molecule has 1 aromatic carbocycles. The number of rotatable bonds is 3. The van der Waals surface area contributed by atoms with Gasteiger partial charge < -0.3 is 15.8 Å².